The van der Waals surface area contributed by atoms with Crippen LogP contribution in [0.1, 0.15) is 12.5 Å². The number of nitrogens with one attached hydrogen (secondary N) is 2. The first-order chi connectivity index (χ1) is 10.7. The van der Waals surface area contributed by atoms with Crippen molar-refractivity contribution >= 4 is 17.4 Å². The van der Waals surface area contributed by atoms with Crippen molar-refractivity contribution in [3.63, 3.8) is 0 Å². The second kappa shape index (κ2) is 6.30. The molecule has 0 fully saturated rings. The number of ether oxygens (including phenoxy) is 1. The third-order valence-electron chi connectivity index (χ3n) is 3.22. The Morgan fingerprint density at radius 1 is 1.18 bits per heavy atom. The average Bonchev–Trinajstić information content (AvgIpc) is 3.03. The van der Waals surface area contributed by atoms with E-state index in [1.807, 2.05) is 48.5 Å². The molecule has 22 heavy (non-hydrogen) atoms. The Kier molecular flexibility index (Phi) is 4.05. The standard InChI is InChI=1S/C17H17N3O2/c1-12(21)20-13-6-8-14(9-7-13)22-16-5-3-2-4-15(16)17-18-10-11-19-17/h2-9H,10-11H2,1H3,(H,18,19)(H,20,21). The van der Waals surface area contributed by atoms with Gasteiger partial charge in [0.15, 0.2) is 0 Å². The number of para-hydroxylation sites is 1. The Bertz CT molecular complexity index is 708. The summed E-state index contributed by atoms with van der Waals surface area (Å²) in [5.74, 6) is 2.23. The summed E-state index contributed by atoms with van der Waals surface area (Å²) in [5.41, 5.74) is 1.70. The molecule has 0 aromatic heterocycles. The maximum absolute atomic E-state index is 11.0. The lowest BCUT2D eigenvalue weighted by Gasteiger charge is -2.12. The predicted octanol–water partition coefficient (Wildman–Crippen LogP) is 2.79. The van der Waals surface area contributed by atoms with Gasteiger partial charge in [-0.3, -0.25) is 9.79 Å². The van der Waals surface area contributed by atoms with E-state index in [0.717, 1.165) is 35.9 Å². The fourth-order valence-electron chi connectivity index (χ4n) is 2.27. The van der Waals surface area contributed by atoms with Crippen LogP contribution in [0.3, 0.4) is 0 Å². The number of aliphatic imine (C=N–C) groups is 1. The van der Waals surface area contributed by atoms with Crippen molar-refractivity contribution in [2.45, 2.75) is 6.92 Å². The van der Waals surface area contributed by atoms with Crippen LogP contribution in [0.15, 0.2) is 53.5 Å². The molecule has 1 aliphatic rings. The summed E-state index contributed by atoms with van der Waals surface area (Å²) in [6, 6.07) is 15.1. The summed E-state index contributed by atoms with van der Waals surface area (Å²) in [7, 11) is 0. The molecule has 0 unspecified atom stereocenters. The van der Waals surface area contributed by atoms with Gasteiger partial charge >= 0.3 is 0 Å². The predicted molar refractivity (Wildman–Crippen MR) is 86.7 cm³/mol. The Balaban J connectivity index is 1.80. The Labute approximate surface area is 129 Å². The maximum atomic E-state index is 11.0. The molecule has 5 nitrogen and oxygen atoms in total. The zero-order valence-corrected chi connectivity index (χ0v) is 12.3. The van der Waals surface area contributed by atoms with Crippen LogP contribution in [-0.2, 0) is 4.79 Å². The van der Waals surface area contributed by atoms with Crippen LogP contribution in [0.2, 0.25) is 0 Å². The highest BCUT2D eigenvalue weighted by atomic mass is 16.5. The number of anilines is 1. The van der Waals surface area contributed by atoms with Crippen LogP contribution in [0.25, 0.3) is 0 Å². The molecular weight excluding hydrogens is 278 g/mol. The summed E-state index contributed by atoms with van der Waals surface area (Å²) in [6.07, 6.45) is 0. The molecule has 0 aliphatic carbocycles. The fraction of sp³-hybridized carbons (Fsp3) is 0.176. The zero-order valence-electron chi connectivity index (χ0n) is 12.3. The van der Waals surface area contributed by atoms with Crippen molar-refractivity contribution in [1.82, 2.24) is 5.32 Å². The summed E-state index contributed by atoms with van der Waals surface area (Å²) in [6.45, 7) is 3.13. The van der Waals surface area contributed by atoms with Gasteiger partial charge in [-0.1, -0.05) is 12.1 Å². The Hall–Kier alpha value is -2.82. The molecule has 0 saturated heterocycles. The van der Waals surface area contributed by atoms with E-state index in [1.165, 1.54) is 6.92 Å². The lowest BCUT2D eigenvalue weighted by atomic mass is 10.2. The monoisotopic (exact) mass is 295 g/mol. The Morgan fingerprint density at radius 3 is 2.64 bits per heavy atom. The highest BCUT2D eigenvalue weighted by Gasteiger charge is 2.13. The zero-order chi connectivity index (χ0) is 15.4. The van der Waals surface area contributed by atoms with Crippen molar-refractivity contribution in [1.29, 1.82) is 0 Å². The molecule has 112 valence electrons. The molecule has 1 aliphatic heterocycles. The fourth-order valence-corrected chi connectivity index (χ4v) is 2.27. The molecule has 2 aromatic carbocycles. The normalized spacial score (nSPS) is 13.2. The SMILES string of the molecule is CC(=O)Nc1ccc(Oc2ccccc2C2=NCCN2)cc1. The van der Waals surface area contributed by atoms with Gasteiger partial charge in [-0.2, -0.15) is 0 Å². The van der Waals surface area contributed by atoms with E-state index in [4.69, 9.17) is 4.74 Å². The molecule has 0 bridgehead atoms. The first-order valence-electron chi connectivity index (χ1n) is 7.15. The molecule has 3 rings (SSSR count). The van der Waals surface area contributed by atoms with Crippen LogP contribution >= 0.6 is 0 Å². The number of rotatable bonds is 4. The van der Waals surface area contributed by atoms with Gasteiger partial charge in [-0.15, -0.1) is 0 Å². The topological polar surface area (TPSA) is 62.7 Å². The van der Waals surface area contributed by atoms with Crippen molar-refractivity contribution in [3.8, 4) is 11.5 Å². The van der Waals surface area contributed by atoms with Crippen molar-refractivity contribution in [2.24, 2.45) is 4.99 Å². The largest absolute Gasteiger partial charge is 0.457 e. The molecule has 1 heterocycles. The molecule has 0 spiro atoms. The van der Waals surface area contributed by atoms with Gasteiger partial charge < -0.3 is 15.4 Å². The summed E-state index contributed by atoms with van der Waals surface area (Å²) >= 11 is 0. The minimum atomic E-state index is -0.0932. The maximum Gasteiger partial charge on any atom is 0.221 e. The first kappa shape index (κ1) is 14.1. The third kappa shape index (κ3) is 3.25. The van der Waals surface area contributed by atoms with E-state index in [0.29, 0.717) is 5.75 Å². The molecular formula is C17H17N3O2. The quantitative estimate of drug-likeness (QED) is 0.911. The van der Waals surface area contributed by atoms with Gasteiger partial charge in [-0.25, -0.2) is 0 Å². The smallest absolute Gasteiger partial charge is 0.221 e. The van der Waals surface area contributed by atoms with Crippen molar-refractivity contribution < 1.29 is 9.53 Å². The minimum Gasteiger partial charge on any atom is -0.457 e. The molecule has 5 heteroatoms. The summed E-state index contributed by atoms with van der Waals surface area (Å²) in [4.78, 5) is 15.5. The van der Waals surface area contributed by atoms with Gasteiger partial charge in [0.1, 0.15) is 17.3 Å². The van der Waals surface area contributed by atoms with E-state index < -0.39 is 0 Å². The van der Waals surface area contributed by atoms with Gasteiger partial charge in [0.2, 0.25) is 5.91 Å². The van der Waals surface area contributed by atoms with E-state index in [1.54, 1.807) is 0 Å². The number of hydrogen-bond acceptors (Lipinski definition) is 4. The second-order valence-electron chi connectivity index (χ2n) is 4.96. The number of benzene rings is 2. The van der Waals surface area contributed by atoms with Gasteiger partial charge in [0.05, 0.1) is 12.1 Å². The van der Waals surface area contributed by atoms with E-state index in [2.05, 4.69) is 15.6 Å². The third-order valence-corrected chi connectivity index (χ3v) is 3.22. The number of carbonyl (C=O) groups is 1. The number of amidine groups is 1. The van der Waals surface area contributed by atoms with Crippen molar-refractivity contribution in [2.75, 3.05) is 18.4 Å². The number of nitrogens with zero attached hydrogens (tertiary/aromatic N) is 1. The number of carbonyl (C=O) groups excluding carboxylic acids is 1. The molecule has 0 atom stereocenters. The summed E-state index contributed by atoms with van der Waals surface area (Å²) < 4.78 is 5.95. The van der Waals surface area contributed by atoms with Gasteiger partial charge in [-0.05, 0) is 36.4 Å². The molecule has 2 aromatic rings. The van der Waals surface area contributed by atoms with E-state index >= 15 is 0 Å². The van der Waals surface area contributed by atoms with Crippen LogP contribution < -0.4 is 15.4 Å². The van der Waals surface area contributed by atoms with Crippen LogP contribution in [0.5, 0.6) is 11.5 Å². The van der Waals surface area contributed by atoms with E-state index in [-0.39, 0.29) is 5.91 Å². The molecule has 2 N–H and O–H groups in total. The molecule has 0 saturated carbocycles. The first-order valence-corrected chi connectivity index (χ1v) is 7.15. The molecule has 1 amide bonds. The highest BCUT2D eigenvalue weighted by molar-refractivity contribution is 6.02. The number of amides is 1. The molecule has 0 radical (unpaired) electrons. The number of hydrogen-bond donors (Lipinski definition) is 2. The highest BCUT2D eigenvalue weighted by Crippen LogP contribution is 2.27. The van der Waals surface area contributed by atoms with Crippen LogP contribution in [-0.4, -0.2) is 24.8 Å². The lowest BCUT2D eigenvalue weighted by molar-refractivity contribution is -0.114. The van der Waals surface area contributed by atoms with Gasteiger partial charge in [0.25, 0.3) is 0 Å². The van der Waals surface area contributed by atoms with Crippen molar-refractivity contribution in [3.05, 3.63) is 54.1 Å². The Morgan fingerprint density at radius 2 is 1.95 bits per heavy atom. The van der Waals surface area contributed by atoms with Gasteiger partial charge in [0, 0.05) is 19.2 Å². The minimum absolute atomic E-state index is 0.0932. The van der Waals surface area contributed by atoms with E-state index in [9.17, 15) is 4.79 Å². The van der Waals surface area contributed by atoms with Crippen LogP contribution in [0, 0.1) is 0 Å². The average molecular weight is 295 g/mol. The lowest BCUT2D eigenvalue weighted by Crippen LogP contribution is -2.19. The van der Waals surface area contributed by atoms with Crippen LogP contribution in [0.4, 0.5) is 5.69 Å². The second-order valence-corrected chi connectivity index (χ2v) is 4.96. The summed E-state index contributed by atoms with van der Waals surface area (Å²) in [5, 5.41) is 5.98.